The molecule has 1 amide bonds. The number of esters is 1. The van der Waals surface area contributed by atoms with Gasteiger partial charge in [-0.3, -0.25) is 9.36 Å². The van der Waals surface area contributed by atoms with Crippen molar-refractivity contribution >= 4 is 23.6 Å². The number of aromatic nitrogens is 2. The molecule has 0 radical (unpaired) electrons. The molecule has 0 spiro atoms. The fraction of sp³-hybridized carbons (Fsp3) is 0.227. The number of carbonyl (C=O) groups is 2. The fourth-order valence-electron chi connectivity index (χ4n) is 3.00. The van der Waals surface area contributed by atoms with Crippen LogP contribution in [0.4, 0.5) is 10.1 Å². The molecule has 30 heavy (non-hydrogen) atoms. The highest BCUT2D eigenvalue weighted by Crippen LogP contribution is 2.21. The summed E-state index contributed by atoms with van der Waals surface area (Å²) in [6, 6.07) is 9.19. The zero-order valence-electron chi connectivity index (χ0n) is 17.1. The van der Waals surface area contributed by atoms with Gasteiger partial charge in [-0.15, -0.1) is 0 Å². The molecule has 1 atom stereocenters. The highest BCUT2D eigenvalue weighted by atomic mass is 19.1. The van der Waals surface area contributed by atoms with E-state index in [2.05, 4.69) is 10.5 Å². The van der Waals surface area contributed by atoms with Gasteiger partial charge in [0, 0.05) is 29.2 Å². The highest BCUT2D eigenvalue weighted by molar-refractivity contribution is 5.96. The molecule has 3 rings (SSSR count). The van der Waals surface area contributed by atoms with Gasteiger partial charge in [-0.2, -0.15) is 0 Å². The average molecular weight is 411 g/mol. The minimum absolute atomic E-state index is 0.286. The lowest BCUT2D eigenvalue weighted by atomic mass is 10.2. The van der Waals surface area contributed by atoms with Crippen LogP contribution in [0, 0.1) is 26.6 Å². The Bertz CT molecular complexity index is 1110. The summed E-state index contributed by atoms with van der Waals surface area (Å²) in [6.45, 7) is 7.08. The molecule has 0 bridgehead atoms. The Hall–Kier alpha value is -3.68. The molecule has 8 heteroatoms. The van der Waals surface area contributed by atoms with Gasteiger partial charge < -0.3 is 14.6 Å². The number of nitrogens with one attached hydrogen (secondary N) is 1. The van der Waals surface area contributed by atoms with Gasteiger partial charge in [-0.25, -0.2) is 9.18 Å². The number of carbonyl (C=O) groups excluding carboxylic acids is 2. The Morgan fingerprint density at radius 2 is 2.00 bits per heavy atom. The van der Waals surface area contributed by atoms with E-state index < -0.39 is 23.8 Å². The number of rotatable bonds is 6. The van der Waals surface area contributed by atoms with E-state index in [0.29, 0.717) is 11.6 Å². The molecule has 156 valence electrons. The van der Waals surface area contributed by atoms with Crippen molar-refractivity contribution in [3.05, 3.63) is 71.0 Å². The summed E-state index contributed by atoms with van der Waals surface area (Å²) in [5.41, 5.74) is 2.90. The monoisotopic (exact) mass is 411 g/mol. The van der Waals surface area contributed by atoms with Gasteiger partial charge in [0.25, 0.3) is 5.91 Å². The zero-order valence-corrected chi connectivity index (χ0v) is 17.1. The second-order valence-corrected chi connectivity index (χ2v) is 6.87. The minimum atomic E-state index is -1.05. The average Bonchev–Trinajstić information content (AvgIpc) is 3.22. The summed E-state index contributed by atoms with van der Waals surface area (Å²) >= 11 is 0. The lowest BCUT2D eigenvalue weighted by Crippen LogP contribution is -2.29. The van der Waals surface area contributed by atoms with E-state index in [-0.39, 0.29) is 5.69 Å². The van der Waals surface area contributed by atoms with E-state index in [9.17, 15) is 14.0 Å². The molecule has 0 saturated heterocycles. The van der Waals surface area contributed by atoms with Crippen LogP contribution in [-0.4, -0.2) is 27.7 Å². The Morgan fingerprint density at radius 3 is 2.67 bits per heavy atom. The molecular formula is C22H22FN3O4. The van der Waals surface area contributed by atoms with E-state index in [1.165, 1.54) is 31.2 Å². The third-order valence-electron chi connectivity index (χ3n) is 4.47. The first-order valence-corrected chi connectivity index (χ1v) is 9.32. The number of halogens is 1. The molecule has 1 N–H and O–H groups in total. The lowest BCUT2D eigenvalue weighted by molar-refractivity contribution is -0.148. The van der Waals surface area contributed by atoms with Crippen molar-refractivity contribution in [3.8, 4) is 5.82 Å². The Labute approximate surface area is 173 Å². The predicted octanol–water partition coefficient (Wildman–Crippen LogP) is 4.11. The third kappa shape index (κ3) is 4.83. The maximum absolute atomic E-state index is 13.2. The zero-order chi connectivity index (χ0) is 21.8. The van der Waals surface area contributed by atoms with Gasteiger partial charge in [-0.05, 0) is 63.6 Å². The summed E-state index contributed by atoms with van der Waals surface area (Å²) in [5, 5.41) is 6.52. The van der Waals surface area contributed by atoms with Crippen molar-refractivity contribution < 1.29 is 23.2 Å². The molecule has 0 aliphatic heterocycles. The molecule has 1 aromatic carbocycles. The normalized spacial score (nSPS) is 12.2. The number of ether oxygens (including phenoxy) is 1. The Kier molecular flexibility index (Phi) is 6.15. The van der Waals surface area contributed by atoms with Crippen LogP contribution in [0.25, 0.3) is 11.9 Å². The molecule has 0 unspecified atom stereocenters. The molecule has 3 aromatic rings. The van der Waals surface area contributed by atoms with Crippen molar-refractivity contribution in [1.82, 2.24) is 9.72 Å². The summed E-state index contributed by atoms with van der Waals surface area (Å²) < 4.78 is 25.4. The van der Waals surface area contributed by atoms with Gasteiger partial charge in [0.1, 0.15) is 11.6 Å². The summed E-state index contributed by atoms with van der Waals surface area (Å²) in [4.78, 5) is 24.3. The number of hydrogen-bond acceptors (Lipinski definition) is 5. The fourth-order valence-corrected chi connectivity index (χ4v) is 3.00. The van der Waals surface area contributed by atoms with E-state index in [1.54, 1.807) is 12.1 Å². The SMILES string of the molecule is Cc1cc(-n2c(C)cc(/C=C/C(=O)O[C@@H](C)C(=O)Nc3cccc(F)c3)c2C)no1. The molecule has 7 nitrogen and oxygen atoms in total. The maximum atomic E-state index is 13.2. The Balaban J connectivity index is 1.64. The molecule has 2 aromatic heterocycles. The second-order valence-electron chi connectivity index (χ2n) is 6.87. The van der Waals surface area contributed by atoms with Gasteiger partial charge in [0.05, 0.1) is 0 Å². The Morgan fingerprint density at radius 1 is 1.23 bits per heavy atom. The highest BCUT2D eigenvalue weighted by Gasteiger charge is 2.17. The van der Waals surface area contributed by atoms with Gasteiger partial charge in [-0.1, -0.05) is 11.2 Å². The molecule has 0 aliphatic carbocycles. The number of hydrogen-bond donors (Lipinski definition) is 1. The number of nitrogens with zero attached hydrogens (tertiary/aromatic N) is 2. The topological polar surface area (TPSA) is 86.4 Å². The van der Waals surface area contributed by atoms with Crippen molar-refractivity contribution in [1.29, 1.82) is 0 Å². The van der Waals surface area contributed by atoms with Crippen LogP contribution in [-0.2, 0) is 14.3 Å². The van der Waals surface area contributed by atoms with E-state index in [0.717, 1.165) is 17.0 Å². The molecule has 2 heterocycles. The third-order valence-corrected chi connectivity index (χ3v) is 4.47. The van der Waals surface area contributed by atoms with Crippen LogP contribution >= 0.6 is 0 Å². The number of amides is 1. The summed E-state index contributed by atoms with van der Waals surface area (Å²) in [6.07, 6.45) is 1.83. The first-order chi connectivity index (χ1) is 14.2. The largest absolute Gasteiger partial charge is 0.449 e. The predicted molar refractivity (Wildman–Crippen MR) is 110 cm³/mol. The first-order valence-electron chi connectivity index (χ1n) is 9.32. The second kappa shape index (κ2) is 8.77. The smallest absolute Gasteiger partial charge is 0.331 e. The molecule has 0 aliphatic rings. The van der Waals surface area contributed by atoms with Crippen molar-refractivity contribution in [2.75, 3.05) is 5.32 Å². The summed E-state index contributed by atoms with van der Waals surface area (Å²) in [7, 11) is 0. The maximum Gasteiger partial charge on any atom is 0.331 e. The van der Waals surface area contributed by atoms with Crippen LogP contribution in [0.1, 0.15) is 29.6 Å². The van der Waals surface area contributed by atoms with E-state index >= 15 is 0 Å². The minimum Gasteiger partial charge on any atom is -0.449 e. The van der Waals surface area contributed by atoms with Gasteiger partial charge in [0.2, 0.25) is 0 Å². The van der Waals surface area contributed by atoms with E-state index in [1.807, 2.05) is 37.5 Å². The quantitative estimate of drug-likeness (QED) is 0.487. The van der Waals surface area contributed by atoms with Crippen molar-refractivity contribution in [2.45, 2.75) is 33.8 Å². The van der Waals surface area contributed by atoms with Crippen molar-refractivity contribution in [3.63, 3.8) is 0 Å². The lowest BCUT2D eigenvalue weighted by Gasteiger charge is -2.12. The van der Waals surface area contributed by atoms with Crippen LogP contribution < -0.4 is 5.32 Å². The van der Waals surface area contributed by atoms with Crippen LogP contribution in [0.15, 0.2) is 47.0 Å². The number of aryl methyl sites for hydroxylation is 2. The van der Waals surface area contributed by atoms with Crippen LogP contribution in [0.2, 0.25) is 0 Å². The van der Waals surface area contributed by atoms with Gasteiger partial charge in [0.15, 0.2) is 11.9 Å². The number of benzene rings is 1. The standard InChI is InChI=1S/C22H22FN3O4/c1-13-10-17(15(3)26(13)20-11-14(2)30-25-20)8-9-21(27)29-16(4)22(28)24-19-7-5-6-18(23)12-19/h5-12,16H,1-4H3,(H,24,28)/b9-8+/t16-/m0/s1. The number of anilines is 1. The van der Waals surface area contributed by atoms with Crippen molar-refractivity contribution in [2.24, 2.45) is 0 Å². The molecular weight excluding hydrogens is 389 g/mol. The van der Waals surface area contributed by atoms with Crippen LogP contribution in [0.5, 0.6) is 0 Å². The summed E-state index contributed by atoms with van der Waals surface area (Å²) in [5.74, 6) is -0.337. The first kappa shape index (κ1) is 21.0. The molecule has 0 saturated carbocycles. The van der Waals surface area contributed by atoms with Gasteiger partial charge >= 0.3 is 5.97 Å². The van der Waals surface area contributed by atoms with E-state index in [4.69, 9.17) is 9.26 Å². The van der Waals surface area contributed by atoms with Crippen LogP contribution in [0.3, 0.4) is 0 Å². The molecule has 0 fully saturated rings.